The van der Waals surface area contributed by atoms with E-state index in [-0.39, 0.29) is 18.5 Å². The van der Waals surface area contributed by atoms with Crippen LogP contribution in [0.2, 0.25) is 0 Å². The van der Waals surface area contributed by atoms with Crippen LogP contribution in [0.4, 0.5) is 0 Å². The third-order valence-electron chi connectivity index (χ3n) is 4.34. The van der Waals surface area contributed by atoms with Crippen molar-refractivity contribution in [3.8, 4) is 5.75 Å². The molecule has 2 aromatic rings. The fraction of sp³-hybridized carbons (Fsp3) is 0.300. The SMILES string of the molecule is COc1ccc(COC(=O)[C@@H]2CCC(=O)N2Cc2ccccc2)cc1. The van der Waals surface area contributed by atoms with Crippen molar-refractivity contribution in [3.63, 3.8) is 0 Å². The predicted octanol–water partition coefficient (Wildman–Crippen LogP) is 2.93. The van der Waals surface area contributed by atoms with E-state index < -0.39 is 6.04 Å². The Hall–Kier alpha value is -2.82. The molecule has 0 saturated carbocycles. The maximum Gasteiger partial charge on any atom is 0.329 e. The van der Waals surface area contributed by atoms with Crippen molar-refractivity contribution in [2.24, 2.45) is 0 Å². The average molecular weight is 339 g/mol. The van der Waals surface area contributed by atoms with Crippen molar-refractivity contribution in [2.45, 2.75) is 32.0 Å². The zero-order valence-corrected chi connectivity index (χ0v) is 14.2. The van der Waals surface area contributed by atoms with E-state index in [1.807, 2.05) is 54.6 Å². The molecule has 0 N–H and O–H groups in total. The summed E-state index contributed by atoms with van der Waals surface area (Å²) in [7, 11) is 1.60. The molecule has 0 aromatic heterocycles. The van der Waals surface area contributed by atoms with E-state index in [1.54, 1.807) is 12.0 Å². The Balaban J connectivity index is 1.60. The molecule has 1 aliphatic rings. The zero-order valence-electron chi connectivity index (χ0n) is 14.2. The van der Waals surface area contributed by atoms with E-state index >= 15 is 0 Å². The number of esters is 1. The molecule has 0 radical (unpaired) electrons. The predicted molar refractivity (Wildman–Crippen MR) is 92.8 cm³/mol. The largest absolute Gasteiger partial charge is 0.497 e. The van der Waals surface area contributed by atoms with Crippen LogP contribution in [0.1, 0.15) is 24.0 Å². The Labute approximate surface area is 147 Å². The summed E-state index contributed by atoms with van der Waals surface area (Å²) < 4.78 is 10.5. The van der Waals surface area contributed by atoms with E-state index in [2.05, 4.69) is 0 Å². The van der Waals surface area contributed by atoms with Crippen LogP contribution in [-0.2, 0) is 27.5 Å². The van der Waals surface area contributed by atoms with Crippen LogP contribution in [0.5, 0.6) is 5.75 Å². The fourth-order valence-electron chi connectivity index (χ4n) is 2.93. The summed E-state index contributed by atoms with van der Waals surface area (Å²) in [5.74, 6) is 0.401. The maximum absolute atomic E-state index is 12.4. The Kier molecular flexibility index (Phi) is 5.33. The van der Waals surface area contributed by atoms with E-state index in [1.165, 1.54) is 0 Å². The van der Waals surface area contributed by atoms with Crippen LogP contribution in [0.15, 0.2) is 54.6 Å². The number of rotatable bonds is 6. The summed E-state index contributed by atoms with van der Waals surface area (Å²) in [4.78, 5) is 26.2. The monoisotopic (exact) mass is 339 g/mol. The molecule has 0 unspecified atom stereocenters. The van der Waals surface area contributed by atoms with Gasteiger partial charge in [0.2, 0.25) is 5.91 Å². The highest BCUT2D eigenvalue weighted by molar-refractivity contribution is 5.88. The normalized spacial score (nSPS) is 16.8. The van der Waals surface area contributed by atoms with Gasteiger partial charge in [0.05, 0.1) is 7.11 Å². The van der Waals surface area contributed by atoms with Gasteiger partial charge in [-0.2, -0.15) is 0 Å². The van der Waals surface area contributed by atoms with Gasteiger partial charge in [0.15, 0.2) is 0 Å². The molecule has 5 heteroatoms. The van der Waals surface area contributed by atoms with Crippen molar-refractivity contribution in [1.82, 2.24) is 4.90 Å². The molecule has 0 spiro atoms. The molecule has 1 atom stereocenters. The van der Waals surface area contributed by atoms with Gasteiger partial charge in [-0.05, 0) is 29.7 Å². The van der Waals surface area contributed by atoms with Gasteiger partial charge < -0.3 is 14.4 Å². The lowest BCUT2D eigenvalue weighted by molar-refractivity contribution is -0.153. The molecule has 2 aromatic carbocycles. The quantitative estimate of drug-likeness (QED) is 0.760. The molecule has 3 rings (SSSR count). The van der Waals surface area contributed by atoms with Crippen molar-refractivity contribution in [1.29, 1.82) is 0 Å². The number of methoxy groups -OCH3 is 1. The second-order valence-electron chi connectivity index (χ2n) is 6.02. The van der Waals surface area contributed by atoms with Crippen molar-refractivity contribution in [3.05, 3.63) is 65.7 Å². The number of hydrogen-bond acceptors (Lipinski definition) is 4. The molecular formula is C20H21NO4. The van der Waals surface area contributed by atoms with Crippen molar-refractivity contribution in [2.75, 3.05) is 7.11 Å². The molecule has 130 valence electrons. The number of nitrogens with zero attached hydrogens (tertiary/aromatic N) is 1. The van der Waals surface area contributed by atoms with Crippen LogP contribution in [0, 0.1) is 0 Å². The third kappa shape index (κ3) is 4.18. The van der Waals surface area contributed by atoms with E-state index in [0.29, 0.717) is 19.4 Å². The first kappa shape index (κ1) is 17.0. The van der Waals surface area contributed by atoms with Crippen LogP contribution in [0.3, 0.4) is 0 Å². The lowest BCUT2D eigenvalue weighted by Gasteiger charge is -2.23. The van der Waals surface area contributed by atoms with Gasteiger partial charge in [-0.25, -0.2) is 4.79 Å². The Morgan fingerprint density at radius 1 is 1.08 bits per heavy atom. The van der Waals surface area contributed by atoms with Gasteiger partial charge in [-0.1, -0.05) is 42.5 Å². The first-order valence-corrected chi connectivity index (χ1v) is 8.30. The summed E-state index contributed by atoms with van der Waals surface area (Å²) in [6.45, 7) is 0.620. The van der Waals surface area contributed by atoms with Crippen molar-refractivity contribution < 1.29 is 19.1 Å². The number of benzene rings is 2. The zero-order chi connectivity index (χ0) is 17.6. The molecule has 1 saturated heterocycles. The van der Waals surface area contributed by atoms with Gasteiger partial charge in [0.1, 0.15) is 18.4 Å². The molecule has 1 amide bonds. The number of hydrogen-bond donors (Lipinski definition) is 0. The van der Waals surface area contributed by atoms with Gasteiger partial charge in [0.25, 0.3) is 0 Å². The smallest absolute Gasteiger partial charge is 0.329 e. The topological polar surface area (TPSA) is 55.8 Å². The number of carbonyl (C=O) groups excluding carboxylic acids is 2. The maximum atomic E-state index is 12.4. The van der Waals surface area contributed by atoms with Crippen molar-refractivity contribution >= 4 is 11.9 Å². The molecule has 0 bridgehead atoms. The minimum atomic E-state index is -0.508. The van der Waals surface area contributed by atoms with Crippen LogP contribution >= 0.6 is 0 Å². The highest BCUT2D eigenvalue weighted by atomic mass is 16.5. The summed E-state index contributed by atoms with van der Waals surface area (Å²) in [6, 6.07) is 16.5. The third-order valence-corrected chi connectivity index (χ3v) is 4.34. The molecular weight excluding hydrogens is 318 g/mol. The summed E-state index contributed by atoms with van der Waals surface area (Å²) in [5.41, 5.74) is 1.89. The summed E-state index contributed by atoms with van der Waals surface area (Å²) in [6.07, 6.45) is 0.891. The minimum Gasteiger partial charge on any atom is -0.497 e. The van der Waals surface area contributed by atoms with E-state index in [4.69, 9.17) is 9.47 Å². The number of amides is 1. The highest BCUT2D eigenvalue weighted by Gasteiger charge is 2.37. The minimum absolute atomic E-state index is 0.00440. The van der Waals surface area contributed by atoms with E-state index in [0.717, 1.165) is 16.9 Å². The van der Waals surface area contributed by atoms with Gasteiger partial charge in [0, 0.05) is 13.0 Å². The number of likely N-dealkylation sites (tertiary alicyclic amines) is 1. The Bertz CT molecular complexity index is 727. The van der Waals surface area contributed by atoms with Crippen LogP contribution < -0.4 is 4.74 Å². The van der Waals surface area contributed by atoms with Gasteiger partial charge >= 0.3 is 5.97 Å². The standard InChI is InChI=1S/C20H21NO4/c1-24-17-9-7-16(8-10-17)14-25-20(23)18-11-12-19(22)21(18)13-15-5-3-2-4-6-15/h2-10,18H,11-14H2,1H3/t18-/m0/s1. The first-order valence-electron chi connectivity index (χ1n) is 8.30. The molecule has 1 fully saturated rings. The second kappa shape index (κ2) is 7.83. The molecule has 1 aliphatic heterocycles. The lowest BCUT2D eigenvalue weighted by Crippen LogP contribution is -2.39. The van der Waals surface area contributed by atoms with Gasteiger partial charge in [-0.15, -0.1) is 0 Å². The van der Waals surface area contributed by atoms with E-state index in [9.17, 15) is 9.59 Å². The highest BCUT2D eigenvalue weighted by Crippen LogP contribution is 2.23. The molecule has 0 aliphatic carbocycles. The first-order chi connectivity index (χ1) is 12.2. The number of ether oxygens (including phenoxy) is 2. The average Bonchev–Trinajstić information content (AvgIpc) is 3.01. The molecule has 25 heavy (non-hydrogen) atoms. The fourth-order valence-corrected chi connectivity index (χ4v) is 2.93. The molecule has 1 heterocycles. The second-order valence-corrected chi connectivity index (χ2v) is 6.02. The summed E-state index contributed by atoms with van der Waals surface area (Å²) in [5, 5.41) is 0. The number of carbonyl (C=O) groups is 2. The van der Waals surface area contributed by atoms with Crippen LogP contribution in [0.25, 0.3) is 0 Å². The lowest BCUT2D eigenvalue weighted by atomic mass is 10.2. The molecule has 5 nitrogen and oxygen atoms in total. The van der Waals surface area contributed by atoms with Gasteiger partial charge in [-0.3, -0.25) is 4.79 Å². The Morgan fingerprint density at radius 2 is 1.80 bits per heavy atom. The van der Waals surface area contributed by atoms with Crippen LogP contribution in [-0.4, -0.2) is 29.9 Å². The Morgan fingerprint density at radius 3 is 2.48 bits per heavy atom. The summed E-state index contributed by atoms with van der Waals surface area (Å²) >= 11 is 0.